The Morgan fingerprint density at radius 1 is 1.00 bits per heavy atom. The first-order valence-corrected chi connectivity index (χ1v) is 10.2. The Kier molecular flexibility index (Phi) is 3.86. The van der Waals surface area contributed by atoms with Gasteiger partial charge in [-0.25, -0.2) is 13.2 Å². The zero-order valence-corrected chi connectivity index (χ0v) is 15.7. The molecule has 26 heavy (non-hydrogen) atoms. The minimum atomic E-state index is -3.77. The molecule has 1 aromatic heterocycles. The molecule has 132 valence electrons. The molecule has 0 spiro atoms. The monoisotopic (exact) mass is 385 g/mol. The molecule has 0 aliphatic carbocycles. The van der Waals surface area contributed by atoms with Gasteiger partial charge in [0.05, 0.1) is 15.3 Å². The predicted octanol–water partition coefficient (Wildman–Crippen LogP) is 4.43. The zero-order chi connectivity index (χ0) is 18.5. The summed E-state index contributed by atoms with van der Waals surface area (Å²) in [4.78, 5) is 11.5. The Balaban J connectivity index is 1.93. The quantitative estimate of drug-likeness (QED) is 0.566. The van der Waals surface area contributed by atoms with Crippen LogP contribution in [0.3, 0.4) is 0 Å². The number of anilines is 1. The molecule has 4 aromatic rings. The molecular formula is C19H15NO4S2. The Morgan fingerprint density at radius 2 is 1.73 bits per heavy atom. The Hall–Kier alpha value is -2.64. The van der Waals surface area contributed by atoms with Gasteiger partial charge in [-0.2, -0.15) is 0 Å². The number of sulfonamides is 1. The third-order valence-electron chi connectivity index (χ3n) is 4.22. The lowest BCUT2D eigenvalue weighted by Gasteiger charge is -2.13. The molecule has 0 bridgehead atoms. The average Bonchev–Trinajstić information content (AvgIpc) is 2.97. The van der Waals surface area contributed by atoms with Crippen molar-refractivity contribution < 1.29 is 12.8 Å². The third-order valence-corrected chi connectivity index (χ3v) is 6.50. The summed E-state index contributed by atoms with van der Waals surface area (Å²) in [7, 11) is -3.77. The largest absolute Gasteiger partial charge is 0.413 e. The van der Waals surface area contributed by atoms with Crippen molar-refractivity contribution in [3.8, 4) is 0 Å². The van der Waals surface area contributed by atoms with E-state index in [9.17, 15) is 13.2 Å². The van der Waals surface area contributed by atoms with Gasteiger partial charge in [-0.15, -0.1) is 0 Å². The van der Waals surface area contributed by atoms with Crippen LogP contribution in [0.1, 0.15) is 11.1 Å². The highest BCUT2D eigenvalue weighted by Gasteiger charge is 2.20. The van der Waals surface area contributed by atoms with Crippen LogP contribution in [0.15, 0.2) is 62.6 Å². The molecule has 0 atom stereocenters. The molecule has 1 N–H and O–H groups in total. The molecular weight excluding hydrogens is 370 g/mol. The van der Waals surface area contributed by atoms with Gasteiger partial charge in [-0.1, -0.05) is 47.7 Å². The van der Waals surface area contributed by atoms with Crippen molar-refractivity contribution >= 4 is 48.1 Å². The summed E-state index contributed by atoms with van der Waals surface area (Å²) in [5.41, 5.74) is 2.43. The highest BCUT2D eigenvalue weighted by atomic mass is 32.2. The molecule has 0 saturated heterocycles. The molecule has 5 nitrogen and oxygen atoms in total. The SMILES string of the molecule is Cc1ccc(C)c(S(=O)(=O)Nc2cc3sc(=O)oc3c3ccccc23)c1. The first-order valence-electron chi connectivity index (χ1n) is 7.90. The number of nitrogens with one attached hydrogen (secondary N) is 1. The van der Waals surface area contributed by atoms with Crippen LogP contribution in [0.5, 0.6) is 0 Å². The Labute approximate surface area is 153 Å². The van der Waals surface area contributed by atoms with Crippen LogP contribution in [0, 0.1) is 13.8 Å². The van der Waals surface area contributed by atoms with E-state index < -0.39 is 15.0 Å². The number of fused-ring (bicyclic) bond motifs is 3. The molecule has 0 aliphatic rings. The van der Waals surface area contributed by atoms with Gasteiger partial charge >= 0.3 is 4.94 Å². The molecule has 0 saturated carbocycles. The van der Waals surface area contributed by atoms with Crippen molar-refractivity contribution in [2.75, 3.05) is 4.72 Å². The number of aryl methyl sites for hydroxylation is 2. The number of hydrogen-bond acceptors (Lipinski definition) is 5. The first-order chi connectivity index (χ1) is 12.3. The van der Waals surface area contributed by atoms with Crippen LogP contribution in [0.4, 0.5) is 5.69 Å². The summed E-state index contributed by atoms with van der Waals surface area (Å²) in [5, 5.41) is 1.37. The van der Waals surface area contributed by atoms with E-state index in [0.29, 0.717) is 32.3 Å². The maximum Gasteiger partial charge on any atom is 0.396 e. The van der Waals surface area contributed by atoms with Crippen molar-refractivity contribution in [3.63, 3.8) is 0 Å². The third kappa shape index (κ3) is 2.79. The van der Waals surface area contributed by atoms with Crippen molar-refractivity contribution in [1.29, 1.82) is 0 Å². The van der Waals surface area contributed by atoms with E-state index in [4.69, 9.17) is 4.42 Å². The van der Waals surface area contributed by atoms with E-state index in [1.807, 2.05) is 31.2 Å². The van der Waals surface area contributed by atoms with Gasteiger partial charge in [-0.05, 0) is 37.1 Å². The fourth-order valence-corrected chi connectivity index (χ4v) is 5.11. The predicted molar refractivity (Wildman–Crippen MR) is 105 cm³/mol. The second-order valence-corrected chi connectivity index (χ2v) is 8.75. The van der Waals surface area contributed by atoms with Gasteiger partial charge in [0.25, 0.3) is 10.0 Å². The fraction of sp³-hybridized carbons (Fsp3) is 0.105. The van der Waals surface area contributed by atoms with Crippen LogP contribution in [-0.2, 0) is 10.0 Å². The summed E-state index contributed by atoms with van der Waals surface area (Å²) >= 11 is 0.952. The smallest absolute Gasteiger partial charge is 0.396 e. The maximum atomic E-state index is 13.0. The van der Waals surface area contributed by atoms with Crippen molar-refractivity contribution in [1.82, 2.24) is 0 Å². The van der Waals surface area contributed by atoms with Gasteiger partial charge in [0.15, 0.2) is 5.58 Å². The van der Waals surface area contributed by atoms with E-state index in [1.54, 1.807) is 31.2 Å². The van der Waals surface area contributed by atoms with Crippen molar-refractivity contribution in [2.45, 2.75) is 18.7 Å². The van der Waals surface area contributed by atoms with Crippen LogP contribution < -0.4 is 9.66 Å². The molecule has 1 heterocycles. The van der Waals surface area contributed by atoms with E-state index in [1.165, 1.54) is 0 Å². The minimum Gasteiger partial charge on any atom is -0.413 e. The molecule has 7 heteroatoms. The Morgan fingerprint density at radius 3 is 2.50 bits per heavy atom. The molecule has 0 amide bonds. The molecule has 0 aliphatic heterocycles. The van der Waals surface area contributed by atoms with Crippen LogP contribution in [-0.4, -0.2) is 8.42 Å². The van der Waals surface area contributed by atoms with Crippen LogP contribution in [0.2, 0.25) is 0 Å². The molecule has 0 fully saturated rings. The zero-order valence-electron chi connectivity index (χ0n) is 14.1. The molecule has 3 aromatic carbocycles. The lowest BCUT2D eigenvalue weighted by atomic mass is 10.1. The van der Waals surface area contributed by atoms with Crippen LogP contribution in [0.25, 0.3) is 21.1 Å². The first kappa shape index (κ1) is 16.8. The summed E-state index contributed by atoms with van der Waals surface area (Å²) in [6.07, 6.45) is 0. The van der Waals surface area contributed by atoms with Gasteiger partial charge in [-0.3, -0.25) is 4.72 Å². The van der Waals surface area contributed by atoms with E-state index in [0.717, 1.165) is 16.9 Å². The normalized spacial score (nSPS) is 11.9. The highest BCUT2D eigenvalue weighted by Crippen LogP contribution is 2.34. The summed E-state index contributed by atoms with van der Waals surface area (Å²) < 4.78 is 34.5. The Bertz CT molecular complexity index is 1320. The summed E-state index contributed by atoms with van der Waals surface area (Å²) in [6.45, 7) is 3.61. The van der Waals surface area contributed by atoms with E-state index >= 15 is 0 Å². The number of hydrogen-bond donors (Lipinski definition) is 1. The van der Waals surface area contributed by atoms with E-state index in [2.05, 4.69) is 4.72 Å². The molecule has 4 rings (SSSR count). The second kappa shape index (κ2) is 5.96. The van der Waals surface area contributed by atoms with E-state index in [-0.39, 0.29) is 4.90 Å². The summed E-state index contributed by atoms with van der Waals surface area (Å²) in [5.74, 6) is 0. The number of benzene rings is 3. The number of rotatable bonds is 3. The van der Waals surface area contributed by atoms with Gasteiger partial charge in [0.2, 0.25) is 0 Å². The lowest BCUT2D eigenvalue weighted by molar-refractivity contribution is 0.588. The maximum absolute atomic E-state index is 13.0. The molecule has 0 radical (unpaired) electrons. The standard InChI is InChI=1S/C19H15NO4S2/c1-11-7-8-12(2)17(9-11)26(22,23)20-15-10-16-18(24-19(21)25-16)14-6-4-3-5-13(14)15/h3-10,20H,1-2H3. The lowest BCUT2D eigenvalue weighted by Crippen LogP contribution is -2.14. The fourth-order valence-electron chi connectivity index (χ4n) is 2.98. The minimum absolute atomic E-state index is 0.238. The van der Waals surface area contributed by atoms with Gasteiger partial charge in [0.1, 0.15) is 0 Å². The average molecular weight is 385 g/mol. The van der Waals surface area contributed by atoms with Crippen molar-refractivity contribution in [2.24, 2.45) is 0 Å². The van der Waals surface area contributed by atoms with Crippen molar-refractivity contribution in [3.05, 3.63) is 69.4 Å². The second-order valence-electron chi connectivity index (χ2n) is 6.13. The summed E-state index contributed by atoms with van der Waals surface area (Å²) in [6, 6.07) is 14.2. The highest BCUT2D eigenvalue weighted by molar-refractivity contribution is 7.92. The molecule has 0 unspecified atom stereocenters. The topological polar surface area (TPSA) is 76.4 Å². The van der Waals surface area contributed by atoms with Crippen LogP contribution >= 0.6 is 11.3 Å². The van der Waals surface area contributed by atoms with Gasteiger partial charge < -0.3 is 4.42 Å². The van der Waals surface area contributed by atoms with Gasteiger partial charge in [0, 0.05) is 10.8 Å².